The molecule has 0 spiro atoms. The summed E-state index contributed by atoms with van der Waals surface area (Å²) in [6.45, 7) is 10.6. The fourth-order valence-corrected chi connectivity index (χ4v) is 7.50. The Morgan fingerprint density at radius 3 is 2.54 bits per heavy atom. The number of carbonyl (C=O) groups excluding carboxylic acids is 1. The normalized spacial score (nSPS) is 13.7. The number of halogens is 1. The molecule has 0 amide bonds. The Labute approximate surface area is 240 Å². The molecule has 0 radical (unpaired) electrons. The maximum absolute atomic E-state index is 14.7. The minimum atomic E-state index is -4.17. The van der Waals surface area contributed by atoms with Gasteiger partial charge in [0.25, 0.3) is 10.0 Å². The van der Waals surface area contributed by atoms with E-state index in [0.29, 0.717) is 51.4 Å². The molecular formula is C31H24FN3O4S2. The van der Waals surface area contributed by atoms with Gasteiger partial charge >= 0.3 is 5.97 Å². The average molecular weight is 586 g/mol. The largest absolute Gasteiger partial charge is 0.469 e. The fraction of sp³-hybridized carbons (Fsp3) is 0.161. The number of rotatable bonds is 6. The van der Waals surface area contributed by atoms with Gasteiger partial charge in [0.1, 0.15) is 5.82 Å². The second-order valence-electron chi connectivity index (χ2n) is 9.89. The summed E-state index contributed by atoms with van der Waals surface area (Å²) in [6, 6.07) is 19.8. The van der Waals surface area contributed by atoms with Crippen LogP contribution in [0.3, 0.4) is 0 Å². The lowest BCUT2D eigenvalue weighted by Crippen LogP contribution is -2.50. The maximum atomic E-state index is 14.7. The minimum Gasteiger partial charge on any atom is -0.469 e. The topological polar surface area (TPSA) is 73.0 Å². The highest BCUT2D eigenvalue weighted by molar-refractivity contribution is 7.90. The molecule has 0 unspecified atom stereocenters. The third-order valence-electron chi connectivity index (χ3n) is 7.36. The zero-order valence-electron chi connectivity index (χ0n) is 22.2. The van der Waals surface area contributed by atoms with Gasteiger partial charge < -0.3 is 9.64 Å². The number of fused-ring (bicyclic) bond motifs is 1. The van der Waals surface area contributed by atoms with Crippen LogP contribution in [0.25, 0.3) is 38.1 Å². The van der Waals surface area contributed by atoms with Gasteiger partial charge in [-0.05, 0) is 54.8 Å². The molecule has 206 valence electrons. The Hall–Kier alpha value is -4.46. The summed E-state index contributed by atoms with van der Waals surface area (Å²) < 4.78 is 49.6. The number of carbonyl (C=O) groups is 1. The Morgan fingerprint density at radius 1 is 1.07 bits per heavy atom. The first-order chi connectivity index (χ1) is 19.7. The molecule has 1 saturated heterocycles. The highest BCUT2D eigenvalue weighted by atomic mass is 32.2. The van der Waals surface area contributed by atoms with Crippen LogP contribution in [0.5, 0.6) is 0 Å². The van der Waals surface area contributed by atoms with Crippen molar-refractivity contribution in [3.8, 4) is 22.4 Å². The standard InChI is InChI=1S/C31H24FN3O4S2/c1-19-7-10-24(11-8-19)41(37,38)35-27-12-9-22(32)16-26(27)28(25-13-14-40-30(25)33-2)29(35)20-5-4-6-23(15-20)34-17-21(18-34)31(36)39-3/h4-16,21H,17-18H2,1,3H3. The molecular weight excluding hydrogens is 561 g/mol. The predicted octanol–water partition coefficient (Wildman–Crippen LogP) is 6.88. The van der Waals surface area contributed by atoms with Crippen molar-refractivity contribution >= 4 is 48.9 Å². The average Bonchev–Trinajstić information content (AvgIpc) is 3.54. The summed E-state index contributed by atoms with van der Waals surface area (Å²) in [5, 5.41) is 2.54. The molecule has 3 aromatic carbocycles. The van der Waals surface area contributed by atoms with Crippen LogP contribution in [0.15, 0.2) is 83.1 Å². The number of hydrogen-bond acceptors (Lipinski definition) is 6. The van der Waals surface area contributed by atoms with Crippen molar-refractivity contribution < 1.29 is 22.3 Å². The fourth-order valence-electron chi connectivity index (χ4n) is 5.27. The predicted molar refractivity (Wildman–Crippen MR) is 158 cm³/mol. The molecule has 7 nitrogen and oxygen atoms in total. The molecule has 0 aliphatic carbocycles. The Morgan fingerprint density at radius 2 is 1.83 bits per heavy atom. The molecule has 1 aliphatic heterocycles. The molecule has 3 heterocycles. The van der Waals surface area contributed by atoms with E-state index in [-0.39, 0.29) is 16.8 Å². The summed E-state index contributed by atoms with van der Waals surface area (Å²) >= 11 is 1.24. The molecule has 0 bridgehead atoms. The maximum Gasteiger partial charge on any atom is 0.312 e. The Bertz CT molecular complexity index is 1960. The quantitative estimate of drug-likeness (QED) is 0.160. The molecule has 0 N–H and O–H groups in total. The van der Waals surface area contributed by atoms with Crippen molar-refractivity contribution in [3.05, 3.63) is 101 Å². The number of hydrogen-bond donors (Lipinski definition) is 0. The number of aromatic nitrogens is 1. The second kappa shape index (κ2) is 10.2. The summed E-state index contributed by atoms with van der Waals surface area (Å²) in [7, 11) is -2.80. The minimum absolute atomic E-state index is 0.0904. The Balaban J connectivity index is 1.64. The molecule has 6 rings (SSSR count). The van der Waals surface area contributed by atoms with E-state index in [4.69, 9.17) is 11.3 Å². The van der Waals surface area contributed by atoms with Crippen LogP contribution in [0.1, 0.15) is 5.56 Å². The number of ether oxygens (including phenoxy) is 1. The van der Waals surface area contributed by atoms with Crippen LogP contribution < -0.4 is 4.90 Å². The van der Waals surface area contributed by atoms with Crippen LogP contribution in [0, 0.1) is 25.2 Å². The number of anilines is 1. The van der Waals surface area contributed by atoms with E-state index < -0.39 is 15.8 Å². The first-order valence-corrected chi connectivity index (χ1v) is 15.1. The number of esters is 1. The van der Waals surface area contributed by atoms with E-state index in [2.05, 4.69) is 4.85 Å². The van der Waals surface area contributed by atoms with E-state index in [1.807, 2.05) is 30.0 Å². The van der Waals surface area contributed by atoms with Crippen LogP contribution in [-0.2, 0) is 19.6 Å². The van der Waals surface area contributed by atoms with Crippen molar-refractivity contribution in [1.29, 1.82) is 0 Å². The van der Waals surface area contributed by atoms with E-state index >= 15 is 0 Å². The lowest BCUT2D eigenvalue weighted by atomic mass is 9.97. The summed E-state index contributed by atoms with van der Waals surface area (Å²) in [4.78, 5) is 17.7. The van der Waals surface area contributed by atoms with Crippen molar-refractivity contribution in [2.45, 2.75) is 11.8 Å². The summed E-state index contributed by atoms with van der Waals surface area (Å²) in [6.07, 6.45) is 0. The second-order valence-corrected chi connectivity index (χ2v) is 12.6. The van der Waals surface area contributed by atoms with Crippen LogP contribution >= 0.6 is 11.3 Å². The van der Waals surface area contributed by atoms with Crippen molar-refractivity contribution in [2.24, 2.45) is 5.92 Å². The smallest absolute Gasteiger partial charge is 0.312 e. The number of methoxy groups -OCH3 is 1. The molecule has 0 saturated carbocycles. The van der Waals surface area contributed by atoms with Crippen LogP contribution in [0.2, 0.25) is 0 Å². The van der Waals surface area contributed by atoms with Gasteiger partial charge in [0.15, 0.2) is 0 Å². The molecule has 0 atom stereocenters. The van der Waals surface area contributed by atoms with Crippen molar-refractivity contribution in [1.82, 2.24) is 3.97 Å². The highest BCUT2D eigenvalue weighted by Gasteiger charge is 2.35. The molecule has 1 fully saturated rings. The first-order valence-electron chi connectivity index (χ1n) is 12.8. The number of benzene rings is 3. The SMILES string of the molecule is [C-]#[N+]c1sccc1-c1c(-c2cccc(N3CC(C(=O)OC)C3)c2)n(S(=O)(=O)c2ccc(C)cc2)c2ccc(F)cc12. The third-order valence-corrected chi connectivity index (χ3v) is 9.90. The number of aryl methyl sites for hydroxylation is 1. The zero-order chi connectivity index (χ0) is 28.9. The van der Waals surface area contributed by atoms with Gasteiger partial charge in [-0.15, -0.1) is 0 Å². The van der Waals surface area contributed by atoms with Crippen molar-refractivity contribution in [3.63, 3.8) is 0 Å². The Kier molecular flexibility index (Phi) is 6.64. The monoisotopic (exact) mass is 585 g/mol. The van der Waals surface area contributed by atoms with E-state index in [1.54, 1.807) is 41.8 Å². The zero-order valence-corrected chi connectivity index (χ0v) is 23.8. The molecule has 5 aromatic rings. The van der Waals surface area contributed by atoms with E-state index in [1.165, 1.54) is 40.6 Å². The highest BCUT2D eigenvalue weighted by Crippen LogP contribution is 2.48. The number of nitrogens with zero attached hydrogens (tertiary/aromatic N) is 3. The number of thiophene rings is 1. The summed E-state index contributed by atoms with van der Waals surface area (Å²) in [5.74, 6) is -1.02. The van der Waals surface area contributed by atoms with Gasteiger partial charge in [-0.1, -0.05) is 35.9 Å². The van der Waals surface area contributed by atoms with Gasteiger partial charge in [0.05, 0.1) is 35.7 Å². The van der Waals surface area contributed by atoms with Gasteiger partial charge in [0.2, 0.25) is 5.00 Å². The van der Waals surface area contributed by atoms with E-state index in [9.17, 15) is 17.6 Å². The molecule has 41 heavy (non-hydrogen) atoms. The van der Waals surface area contributed by atoms with Crippen LogP contribution in [-0.4, -0.2) is 38.6 Å². The van der Waals surface area contributed by atoms with Gasteiger partial charge in [-0.2, -0.15) is 11.3 Å². The lowest BCUT2D eigenvalue weighted by molar-refractivity contribution is -0.146. The molecule has 1 aliphatic rings. The third kappa shape index (κ3) is 4.47. The lowest BCUT2D eigenvalue weighted by Gasteiger charge is -2.39. The van der Waals surface area contributed by atoms with Crippen LogP contribution in [0.4, 0.5) is 15.1 Å². The van der Waals surface area contributed by atoms with E-state index in [0.717, 1.165) is 11.3 Å². The van der Waals surface area contributed by atoms with Gasteiger partial charge in [-0.3, -0.25) is 4.79 Å². The van der Waals surface area contributed by atoms with Gasteiger partial charge in [-0.25, -0.2) is 21.6 Å². The van der Waals surface area contributed by atoms with Crippen molar-refractivity contribution in [2.75, 3.05) is 25.1 Å². The van der Waals surface area contributed by atoms with Gasteiger partial charge in [0, 0.05) is 40.9 Å². The molecule has 2 aromatic heterocycles. The first kappa shape index (κ1) is 26.7. The summed E-state index contributed by atoms with van der Waals surface area (Å²) in [5.41, 5.74) is 3.94. The molecule has 10 heteroatoms.